The molecule has 0 aliphatic carbocycles. The van der Waals surface area contributed by atoms with Crippen LogP contribution in [0.1, 0.15) is 12.0 Å². The first-order chi connectivity index (χ1) is 16.6. The summed E-state index contributed by atoms with van der Waals surface area (Å²) in [5.41, 5.74) is 1.95. The molecule has 0 saturated carbocycles. The zero-order valence-electron chi connectivity index (χ0n) is 19.9. The minimum Gasteiger partial charge on any atom is -0.497 e. The Morgan fingerprint density at radius 2 is 1.91 bits per heavy atom. The summed E-state index contributed by atoms with van der Waals surface area (Å²) in [5.74, 6) is 1.93. The van der Waals surface area contributed by atoms with Gasteiger partial charge in [-0.2, -0.15) is 0 Å². The lowest BCUT2D eigenvalue weighted by molar-refractivity contribution is -0.116. The van der Waals surface area contributed by atoms with Gasteiger partial charge in [-0.25, -0.2) is 4.98 Å². The van der Waals surface area contributed by atoms with Crippen molar-refractivity contribution in [3.8, 4) is 11.5 Å². The van der Waals surface area contributed by atoms with Crippen LogP contribution in [0, 0.1) is 6.92 Å². The van der Waals surface area contributed by atoms with Crippen molar-refractivity contribution >= 4 is 44.4 Å². The van der Waals surface area contributed by atoms with E-state index >= 15 is 0 Å². The molecule has 34 heavy (non-hydrogen) atoms. The van der Waals surface area contributed by atoms with Crippen LogP contribution in [0.2, 0.25) is 0 Å². The molecule has 0 unspecified atom stereocenters. The molecular weight excluding hydrogens is 470 g/mol. The number of rotatable bonds is 10. The molecule has 1 amide bonds. The molecule has 0 atom stereocenters. The van der Waals surface area contributed by atoms with Crippen molar-refractivity contribution in [1.82, 2.24) is 9.88 Å². The fraction of sp³-hybridized carbons (Fsp3) is 0.440. The molecule has 0 radical (unpaired) electrons. The van der Waals surface area contributed by atoms with Gasteiger partial charge >= 0.3 is 0 Å². The van der Waals surface area contributed by atoms with Crippen LogP contribution in [0.4, 0.5) is 5.13 Å². The molecule has 0 spiro atoms. The van der Waals surface area contributed by atoms with E-state index in [9.17, 15) is 4.79 Å². The number of fused-ring (bicyclic) bond motifs is 1. The van der Waals surface area contributed by atoms with Gasteiger partial charge in [-0.15, -0.1) is 11.8 Å². The van der Waals surface area contributed by atoms with Crippen molar-refractivity contribution in [3.05, 3.63) is 42.0 Å². The molecule has 0 N–H and O–H groups in total. The third-order valence-electron chi connectivity index (χ3n) is 5.83. The fourth-order valence-corrected chi connectivity index (χ4v) is 5.75. The standard InChI is InChI=1S/C25H31N3O4S2/c1-18-5-10-21(31-3)23-24(18)34-25(26-23)28(12-4-11-27-13-15-32-16-14-27)22(29)17-33-20-8-6-19(30-2)7-9-20/h5-10H,4,11-17H2,1-3H3. The van der Waals surface area contributed by atoms with Gasteiger partial charge in [0.1, 0.15) is 17.0 Å². The van der Waals surface area contributed by atoms with E-state index in [0.29, 0.717) is 12.3 Å². The molecule has 2 heterocycles. The smallest absolute Gasteiger partial charge is 0.239 e. The summed E-state index contributed by atoms with van der Waals surface area (Å²) in [6.07, 6.45) is 0.880. The van der Waals surface area contributed by atoms with Crippen molar-refractivity contribution in [3.63, 3.8) is 0 Å². The van der Waals surface area contributed by atoms with Gasteiger partial charge in [-0.3, -0.25) is 14.6 Å². The average Bonchev–Trinajstić information content (AvgIpc) is 3.32. The quantitative estimate of drug-likeness (QED) is 0.380. The number of thiazole rings is 1. The number of aryl methyl sites for hydroxylation is 1. The summed E-state index contributed by atoms with van der Waals surface area (Å²) >= 11 is 3.09. The lowest BCUT2D eigenvalue weighted by Gasteiger charge is -2.27. The Balaban J connectivity index is 1.51. The second-order valence-corrected chi connectivity index (χ2v) is 10.1. The minimum atomic E-state index is 0.0541. The van der Waals surface area contributed by atoms with Gasteiger partial charge in [0.15, 0.2) is 5.13 Å². The van der Waals surface area contributed by atoms with Crippen LogP contribution < -0.4 is 14.4 Å². The summed E-state index contributed by atoms with van der Waals surface area (Å²) in [6.45, 7) is 7.06. The predicted octanol–water partition coefficient (Wildman–Crippen LogP) is 4.47. The zero-order valence-corrected chi connectivity index (χ0v) is 21.5. The molecule has 7 nitrogen and oxygen atoms in total. The number of hydrogen-bond donors (Lipinski definition) is 0. The molecule has 1 aliphatic rings. The van der Waals surface area contributed by atoms with E-state index in [1.165, 1.54) is 11.8 Å². The van der Waals surface area contributed by atoms with E-state index in [1.54, 1.807) is 25.6 Å². The van der Waals surface area contributed by atoms with Gasteiger partial charge in [-0.1, -0.05) is 17.4 Å². The maximum absolute atomic E-state index is 13.4. The second-order valence-electron chi connectivity index (χ2n) is 8.08. The first kappa shape index (κ1) is 24.8. The first-order valence-electron chi connectivity index (χ1n) is 11.4. The van der Waals surface area contributed by atoms with E-state index < -0.39 is 0 Å². The number of methoxy groups -OCH3 is 2. The van der Waals surface area contributed by atoms with Crippen LogP contribution in [0.3, 0.4) is 0 Å². The lowest BCUT2D eigenvalue weighted by atomic mass is 10.2. The Hall–Kier alpha value is -2.33. The molecule has 1 saturated heterocycles. The number of carbonyl (C=O) groups excluding carboxylic acids is 1. The molecule has 182 valence electrons. The molecule has 1 aromatic heterocycles. The topological polar surface area (TPSA) is 64.1 Å². The molecule has 0 bridgehead atoms. The number of nitrogens with zero attached hydrogens (tertiary/aromatic N) is 3. The minimum absolute atomic E-state index is 0.0541. The van der Waals surface area contributed by atoms with E-state index in [-0.39, 0.29) is 5.91 Å². The normalized spacial score (nSPS) is 14.3. The summed E-state index contributed by atoms with van der Waals surface area (Å²) in [4.78, 5) is 23.5. The summed E-state index contributed by atoms with van der Waals surface area (Å²) in [6, 6.07) is 11.8. The van der Waals surface area contributed by atoms with Crippen LogP contribution in [-0.4, -0.2) is 75.2 Å². The number of carbonyl (C=O) groups is 1. The highest BCUT2D eigenvalue weighted by Crippen LogP contribution is 2.37. The highest BCUT2D eigenvalue weighted by atomic mass is 32.2. The molecule has 3 aromatic rings. The van der Waals surface area contributed by atoms with Crippen molar-refractivity contribution in [2.75, 3.05) is 64.3 Å². The highest BCUT2D eigenvalue weighted by molar-refractivity contribution is 8.00. The maximum Gasteiger partial charge on any atom is 0.239 e. The van der Waals surface area contributed by atoms with Crippen molar-refractivity contribution < 1.29 is 19.0 Å². The molecular formula is C25H31N3O4S2. The van der Waals surface area contributed by atoms with Gasteiger partial charge in [0, 0.05) is 31.1 Å². The number of benzene rings is 2. The van der Waals surface area contributed by atoms with Crippen molar-refractivity contribution in [2.45, 2.75) is 18.2 Å². The third kappa shape index (κ3) is 6.02. The molecule has 4 rings (SSSR count). The molecule has 2 aromatic carbocycles. The average molecular weight is 502 g/mol. The van der Waals surface area contributed by atoms with Crippen LogP contribution in [0.5, 0.6) is 11.5 Å². The first-order valence-corrected chi connectivity index (χ1v) is 13.2. The Bertz CT molecular complexity index is 1100. The zero-order chi connectivity index (χ0) is 23.9. The van der Waals surface area contributed by atoms with E-state index in [0.717, 1.165) is 76.6 Å². The molecule has 1 fully saturated rings. The maximum atomic E-state index is 13.4. The van der Waals surface area contributed by atoms with Gasteiger partial charge in [0.05, 0.1) is 37.9 Å². The highest BCUT2D eigenvalue weighted by Gasteiger charge is 2.22. The Kier molecular flexibility index (Phi) is 8.66. The van der Waals surface area contributed by atoms with Crippen LogP contribution in [-0.2, 0) is 9.53 Å². The van der Waals surface area contributed by atoms with Crippen LogP contribution >= 0.6 is 23.1 Å². The Morgan fingerprint density at radius 3 is 2.62 bits per heavy atom. The van der Waals surface area contributed by atoms with Gasteiger partial charge in [-0.05, 0) is 49.2 Å². The molecule has 1 aliphatic heterocycles. The largest absolute Gasteiger partial charge is 0.497 e. The van der Waals surface area contributed by atoms with Crippen molar-refractivity contribution in [2.24, 2.45) is 0 Å². The number of morpholine rings is 1. The lowest BCUT2D eigenvalue weighted by Crippen LogP contribution is -2.39. The summed E-state index contributed by atoms with van der Waals surface area (Å²) in [5, 5.41) is 0.727. The Morgan fingerprint density at radius 1 is 1.15 bits per heavy atom. The fourth-order valence-electron chi connectivity index (χ4n) is 3.88. The summed E-state index contributed by atoms with van der Waals surface area (Å²) in [7, 11) is 3.30. The number of anilines is 1. The van der Waals surface area contributed by atoms with Gasteiger partial charge in [0.2, 0.25) is 5.91 Å². The third-order valence-corrected chi connectivity index (χ3v) is 8.04. The monoisotopic (exact) mass is 501 g/mol. The number of ether oxygens (including phenoxy) is 3. The number of amides is 1. The SMILES string of the molecule is COc1ccc(SCC(=O)N(CCCN2CCOCC2)c2nc3c(OC)ccc(C)c3s2)cc1. The Labute approximate surface area is 209 Å². The summed E-state index contributed by atoms with van der Waals surface area (Å²) < 4.78 is 17.3. The number of aromatic nitrogens is 1. The number of hydrogen-bond acceptors (Lipinski definition) is 8. The van der Waals surface area contributed by atoms with Crippen LogP contribution in [0.15, 0.2) is 41.3 Å². The van der Waals surface area contributed by atoms with Crippen molar-refractivity contribution in [1.29, 1.82) is 0 Å². The number of thioether (sulfide) groups is 1. The molecule has 9 heteroatoms. The van der Waals surface area contributed by atoms with Crippen LogP contribution in [0.25, 0.3) is 10.2 Å². The van der Waals surface area contributed by atoms with Gasteiger partial charge < -0.3 is 14.2 Å². The van der Waals surface area contributed by atoms with E-state index in [2.05, 4.69) is 11.8 Å². The van der Waals surface area contributed by atoms with E-state index in [4.69, 9.17) is 19.2 Å². The second kappa shape index (κ2) is 11.9. The van der Waals surface area contributed by atoms with Gasteiger partial charge in [0.25, 0.3) is 0 Å². The predicted molar refractivity (Wildman–Crippen MR) is 139 cm³/mol. The van der Waals surface area contributed by atoms with E-state index in [1.807, 2.05) is 41.3 Å².